The van der Waals surface area contributed by atoms with Gasteiger partial charge in [-0.3, -0.25) is 9.59 Å². The van der Waals surface area contributed by atoms with E-state index in [-0.39, 0.29) is 32.6 Å². The van der Waals surface area contributed by atoms with Gasteiger partial charge < -0.3 is 36.5 Å². The van der Waals surface area contributed by atoms with Gasteiger partial charge in [-0.2, -0.15) is 0 Å². The highest BCUT2D eigenvalue weighted by Crippen LogP contribution is 2.31. The molecule has 1 aromatic heterocycles. The lowest BCUT2D eigenvalue weighted by molar-refractivity contribution is -0.123. The molecule has 0 bridgehead atoms. The maximum atomic E-state index is 14.2. The second-order valence-corrected chi connectivity index (χ2v) is 12.6. The number of hydrogen-bond donors (Lipinski definition) is 5. The number of fused-ring (bicyclic) bond motifs is 1. The summed E-state index contributed by atoms with van der Waals surface area (Å²) in [6, 6.07) is 19.5. The van der Waals surface area contributed by atoms with Gasteiger partial charge in [0.05, 0.1) is 52.8 Å². The van der Waals surface area contributed by atoms with Crippen LogP contribution in [0.15, 0.2) is 78.9 Å². The largest absolute Gasteiger partial charge is 0.395 e. The summed E-state index contributed by atoms with van der Waals surface area (Å²) in [4.78, 5) is 32.1. The van der Waals surface area contributed by atoms with Gasteiger partial charge in [-0.1, -0.05) is 41.4 Å². The lowest BCUT2D eigenvalue weighted by Gasteiger charge is -2.23. The number of nitrogens with one attached hydrogen (secondary N) is 1. The second-order valence-electron chi connectivity index (χ2n) is 11.8. The zero-order valence-electron chi connectivity index (χ0n) is 26.8. The summed E-state index contributed by atoms with van der Waals surface area (Å²) in [5.41, 5.74) is 16.2. The van der Waals surface area contributed by atoms with E-state index in [9.17, 15) is 28.6 Å². The lowest BCUT2D eigenvalue weighted by atomic mass is 10.0. The van der Waals surface area contributed by atoms with Crippen molar-refractivity contribution >= 4 is 51.7 Å². The standard InChI is InChI=1S/C36H36Cl2F2N6O4/c37-26-8-1-21(15-27(26)38)17-30(41)36(50)44-31(19-34(42)49)24-5-10-33-32(18-24)43-35(46(33)20-22-2-9-28(39)29(40)16-22)23-3-6-25(7-4-23)45(11-13-47)12-14-48/h1-10,15-16,18,30-31,47-48H,11-14,17,19-20,41H2,(H2,42,49)(H,44,50). The summed E-state index contributed by atoms with van der Waals surface area (Å²) >= 11 is 12.1. The quantitative estimate of drug-likeness (QED) is 0.104. The monoisotopic (exact) mass is 724 g/mol. The van der Waals surface area contributed by atoms with Crippen molar-refractivity contribution in [3.05, 3.63) is 117 Å². The average molecular weight is 726 g/mol. The van der Waals surface area contributed by atoms with Crippen LogP contribution in [0.3, 0.4) is 0 Å². The maximum Gasteiger partial charge on any atom is 0.237 e. The van der Waals surface area contributed by atoms with Crippen molar-refractivity contribution in [2.75, 3.05) is 31.2 Å². The van der Waals surface area contributed by atoms with Gasteiger partial charge in [0.15, 0.2) is 11.6 Å². The topological polar surface area (TPSA) is 160 Å². The molecule has 0 radical (unpaired) electrons. The molecule has 0 aliphatic heterocycles. The average Bonchev–Trinajstić information content (AvgIpc) is 3.44. The van der Waals surface area contributed by atoms with Crippen molar-refractivity contribution in [2.24, 2.45) is 11.5 Å². The van der Waals surface area contributed by atoms with Crippen LogP contribution in [-0.2, 0) is 22.6 Å². The molecule has 0 fully saturated rings. The van der Waals surface area contributed by atoms with E-state index in [1.807, 2.05) is 33.7 Å². The van der Waals surface area contributed by atoms with E-state index in [4.69, 9.17) is 39.7 Å². The Kier molecular flexibility index (Phi) is 12.0. The second kappa shape index (κ2) is 16.4. The van der Waals surface area contributed by atoms with Gasteiger partial charge in [-0.25, -0.2) is 13.8 Å². The molecule has 5 aromatic rings. The van der Waals surface area contributed by atoms with Gasteiger partial charge in [0, 0.05) is 30.9 Å². The normalized spacial score (nSPS) is 12.5. The molecule has 10 nitrogen and oxygen atoms in total. The van der Waals surface area contributed by atoms with Crippen LogP contribution < -0.4 is 21.7 Å². The van der Waals surface area contributed by atoms with E-state index in [2.05, 4.69) is 5.32 Å². The SMILES string of the molecule is NC(=O)CC(NC(=O)C(N)Cc1ccc(Cl)c(Cl)c1)c1ccc2c(c1)nc(-c1ccc(N(CCO)CCO)cc1)n2Cc1ccc(F)c(F)c1. The number of anilines is 1. The van der Waals surface area contributed by atoms with E-state index in [1.54, 1.807) is 36.4 Å². The number of imidazole rings is 1. The number of halogens is 4. The number of carbonyl (C=O) groups excluding carboxylic acids is 2. The third kappa shape index (κ3) is 8.76. The third-order valence-corrected chi connectivity index (χ3v) is 8.97. The molecule has 2 atom stereocenters. The van der Waals surface area contributed by atoms with E-state index in [1.165, 1.54) is 6.07 Å². The van der Waals surface area contributed by atoms with Crippen LogP contribution >= 0.6 is 23.2 Å². The molecular formula is C36H36Cl2F2N6O4. The Labute approximate surface area is 297 Å². The van der Waals surface area contributed by atoms with Gasteiger partial charge in [0.1, 0.15) is 5.82 Å². The summed E-state index contributed by atoms with van der Waals surface area (Å²) in [7, 11) is 0. The van der Waals surface area contributed by atoms with E-state index in [0.717, 1.165) is 17.8 Å². The highest BCUT2D eigenvalue weighted by atomic mass is 35.5. The van der Waals surface area contributed by atoms with E-state index in [0.29, 0.717) is 62.2 Å². The summed E-state index contributed by atoms with van der Waals surface area (Å²) in [5, 5.41) is 22.5. The summed E-state index contributed by atoms with van der Waals surface area (Å²) in [6.45, 7) is 0.640. The van der Waals surface area contributed by atoms with Gasteiger partial charge in [-0.05, 0) is 83.8 Å². The van der Waals surface area contributed by atoms with Gasteiger partial charge in [0.25, 0.3) is 0 Å². The zero-order valence-corrected chi connectivity index (χ0v) is 28.3. The van der Waals surface area contributed by atoms with Crippen molar-refractivity contribution in [2.45, 2.75) is 31.5 Å². The van der Waals surface area contributed by atoms with Crippen molar-refractivity contribution < 1.29 is 28.6 Å². The molecule has 0 aliphatic carbocycles. The number of aromatic nitrogens is 2. The fraction of sp³-hybridized carbons (Fsp3) is 0.250. The third-order valence-electron chi connectivity index (χ3n) is 8.23. The number of nitrogens with zero attached hydrogens (tertiary/aromatic N) is 3. The molecule has 50 heavy (non-hydrogen) atoms. The first kappa shape index (κ1) is 36.7. The fourth-order valence-corrected chi connectivity index (χ4v) is 6.06. The van der Waals surface area contributed by atoms with Crippen LogP contribution in [-0.4, -0.2) is 63.9 Å². The number of rotatable bonds is 15. The molecular weight excluding hydrogens is 689 g/mol. The summed E-state index contributed by atoms with van der Waals surface area (Å²) in [5.74, 6) is -2.57. The van der Waals surface area contributed by atoms with Crippen LogP contribution in [0.4, 0.5) is 14.5 Å². The molecule has 0 saturated carbocycles. The van der Waals surface area contributed by atoms with Crippen LogP contribution in [0.25, 0.3) is 22.4 Å². The Morgan fingerprint density at radius 3 is 2.22 bits per heavy atom. The van der Waals surface area contributed by atoms with Crippen LogP contribution in [0.1, 0.15) is 29.2 Å². The molecule has 5 rings (SSSR count). The van der Waals surface area contributed by atoms with Gasteiger partial charge in [-0.15, -0.1) is 0 Å². The molecule has 4 aromatic carbocycles. The number of aliphatic hydroxyl groups excluding tert-OH is 2. The summed E-state index contributed by atoms with van der Waals surface area (Å²) in [6.07, 6.45) is -0.0435. The smallest absolute Gasteiger partial charge is 0.237 e. The molecule has 0 spiro atoms. The number of carbonyl (C=O) groups is 2. The minimum absolute atomic E-state index is 0.0888. The van der Waals surface area contributed by atoms with Crippen molar-refractivity contribution in [3.63, 3.8) is 0 Å². The Morgan fingerprint density at radius 2 is 1.58 bits per heavy atom. The number of nitrogens with two attached hydrogens (primary N) is 2. The number of benzene rings is 4. The van der Waals surface area contributed by atoms with Crippen LogP contribution in [0.5, 0.6) is 0 Å². The van der Waals surface area contributed by atoms with Gasteiger partial charge in [0.2, 0.25) is 11.8 Å². The highest BCUT2D eigenvalue weighted by Gasteiger charge is 2.23. The predicted molar refractivity (Wildman–Crippen MR) is 190 cm³/mol. The predicted octanol–water partition coefficient (Wildman–Crippen LogP) is 4.73. The first-order valence-corrected chi connectivity index (χ1v) is 16.5. The number of aliphatic hydroxyl groups is 2. The molecule has 0 saturated heterocycles. The Hall–Kier alpha value is -4.59. The first-order chi connectivity index (χ1) is 24.0. The minimum Gasteiger partial charge on any atom is -0.395 e. The van der Waals surface area contributed by atoms with Crippen LogP contribution in [0.2, 0.25) is 10.0 Å². The van der Waals surface area contributed by atoms with Crippen molar-refractivity contribution in [1.82, 2.24) is 14.9 Å². The number of hydrogen-bond acceptors (Lipinski definition) is 7. The highest BCUT2D eigenvalue weighted by molar-refractivity contribution is 6.42. The zero-order chi connectivity index (χ0) is 35.9. The minimum atomic E-state index is -0.977. The van der Waals surface area contributed by atoms with E-state index < -0.39 is 35.5 Å². The molecule has 2 unspecified atom stereocenters. The Morgan fingerprint density at radius 1 is 0.880 bits per heavy atom. The van der Waals surface area contributed by atoms with Crippen LogP contribution in [0, 0.1) is 11.6 Å². The Balaban J connectivity index is 1.50. The number of amides is 2. The molecule has 7 N–H and O–H groups in total. The maximum absolute atomic E-state index is 14.2. The molecule has 1 heterocycles. The van der Waals surface area contributed by atoms with Crippen molar-refractivity contribution in [3.8, 4) is 11.4 Å². The number of primary amides is 1. The molecule has 2 amide bonds. The molecule has 14 heteroatoms. The van der Waals surface area contributed by atoms with E-state index >= 15 is 0 Å². The van der Waals surface area contributed by atoms with Crippen molar-refractivity contribution in [1.29, 1.82) is 0 Å². The fourth-order valence-electron chi connectivity index (χ4n) is 5.74. The molecule has 0 aliphatic rings. The molecule has 262 valence electrons. The first-order valence-electron chi connectivity index (χ1n) is 15.8. The van der Waals surface area contributed by atoms with Gasteiger partial charge >= 0.3 is 0 Å². The Bertz CT molecular complexity index is 1990. The summed E-state index contributed by atoms with van der Waals surface area (Å²) < 4.78 is 29.8. The lowest BCUT2D eigenvalue weighted by Crippen LogP contribution is -2.44.